The van der Waals surface area contributed by atoms with Crippen LogP contribution in [-0.4, -0.2) is 5.24 Å². The molecule has 1 aliphatic carbocycles. The van der Waals surface area contributed by atoms with Crippen molar-refractivity contribution in [2.24, 2.45) is 11.8 Å². The molecule has 0 heterocycles. The first-order valence-corrected chi connectivity index (χ1v) is 4.44. The summed E-state index contributed by atoms with van der Waals surface area (Å²) >= 11 is 5.13. The average Bonchev–Trinajstić information content (AvgIpc) is 2.66. The molecule has 1 unspecified atom stereocenters. The molecule has 1 aliphatic rings. The summed E-state index contributed by atoms with van der Waals surface area (Å²) in [5.74, 6) is 1.63. The molecule has 1 rings (SSSR count). The molecule has 0 N–H and O–H groups in total. The van der Waals surface area contributed by atoms with Gasteiger partial charge in [0.05, 0.1) is 0 Å². The van der Waals surface area contributed by atoms with E-state index >= 15 is 0 Å². The van der Waals surface area contributed by atoms with Crippen molar-refractivity contribution in [3.05, 3.63) is 12.2 Å². The standard InChI is InChI=1S/C9H13ClO/c1-7(8-5-6-8)3-2-4-9(10)11/h2,4,7-8H,3,5-6H2,1H3/b4-2+. The topological polar surface area (TPSA) is 17.1 Å². The quantitative estimate of drug-likeness (QED) is 0.471. The Morgan fingerprint density at radius 3 is 2.82 bits per heavy atom. The minimum Gasteiger partial charge on any atom is -0.276 e. The van der Waals surface area contributed by atoms with Gasteiger partial charge in [-0.3, -0.25) is 4.79 Å². The molecule has 0 aromatic carbocycles. The lowest BCUT2D eigenvalue weighted by Crippen LogP contribution is -1.94. The maximum atomic E-state index is 10.3. The lowest BCUT2D eigenvalue weighted by atomic mass is 10.0. The van der Waals surface area contributed by atoms with Crippen molar-refractivity contribution < 1.29 is 4.79 Å². The van der Waals surface area contributed by atoms with Gasteiger partial charge in [-0.25, -0.2) is 0 Å². The van der Waals surface area contributed by atoms with Crippen LogP contribution in [0.3, 0.4) is 0 Å². The van der Waals surface area contributed by atoms with Gasteiger partial charge in [0.25, 0.3) is 0 Å². The van der Waals surface area contributed by atoms with E-state index in [9.17, 15) is 4.79 Å². The van der Waals surface area contributed by atoms with Gasteiger partial charge >= 0.3 is 0 Å². The number of halogens is 1. The highest BCUT2D eigenvalue weighted by atomic mass is 35.5. The smallest absolute Gasteiger partial charge is 0.244 e. The van der Waals surface area contributed by atoms with E-state index < -0.39 is 0 Å². The molecule has 1 nitrogen and oxygen atoms in total. The summed E-state index contributed by atoms with van der Waals surface area (Å²) in [6, 6.07) is 0. The fraction of sp³-hybridized carbons (Fsp3) is 0.667. The van der Waals surface area contributed by atoms with Gasteiger partial charge in [-0.1, -0.05) is 13.0 Å². The molecular weight excluding hydrogens is 160 g/mol. The molecule has 2 heteroatoms. The summed E-state index contributed by atoms with van der Waals surface area (Å²) in [4.78, 5) is 10.3. The van der Waals surface area contributed by atoms with E-state index in [4.69, 9.17) is 11.6 Å². The maximum absolute atomic E-state index is 10.3. The lowest BCUT2D eigenvalue weighted by Gasteiger charge is -2.03. The van der Waals surface area contributed by atoms with Crippen LogP contribution in [-0.2, 0) is 4.79 Å². The van der Waals surface area contributed by atoms with Gasteiger partial charge in [-0.15, -0.1) is 0 Å². The highest BCUT2D eigenvalue weighted by Crippen LogP contribution is 2.38. The van der Waals surface area contributed by atoms with Gasteiger partial charge in [0.15, 0.2) is 0 Å². The van der Waals surface area contributed by atoms with Crippen LogP contribution < -0.4 is 0 Å². The minimum absolute atomic E-state index is 0.368. The first kappa shape index (κ1) is 8.79. The fourth-order valence-corrected chi connectivity index (χ4v) is 1.32. The van der Waals surface area contributed by atoms with Crippen LogP contribution in [0, 0.1) is 11.8 Å². The van der Waals surface area contributed by atoms with Crippen molar-refractivity contribution in [2.75, 3.05) is 0 Å². The van der Waals surface area contributed by atoms with Crippen LogP contribution in [0.15, 0.2) is 12.2 Å². The normalized spacial score (nSPS) is 20.5. The second kappa shape index (κ2) is 3.91. The number of carbonyl (C=O) groups is 1. The Hall–Kier alpha value is -0.300. The van der Waals surface area contributed by atoms with Crippen LogP contribution in [0.25, 0.3) is 0 Å². The molecule has 0 aromatic heterocycles. The third-order valence-corrected chi connectivity index (χ3v) is 2.31. The molecular formula is C9H13ClO. The second-order valence-electron chi connectivity index (χ2n) is 3.26. The predicted octanol–water partition coefficient (Wildman–Crippen LogP) is 2.74. The molecule has 0 amide bonds. The average molecular weight is 173 g/mol. The van der Waals surface area contributed by atoms with Crippen molar-refractivity contribution in [3.63, 3.8) is 0 Å². The molecule has 1 fully saturated rings. The van der Waals surface area contributed by atoms with Crippen LogP contribution in [0.1, 0.15) is 26.2 Å². The van der Waals surface area contributed by atoms with Gasteiger partial charge in [0.2, 0.25) is 5.24 Å². The monoisotopic (exact) mass is 172 g/mol. The Balaban J connectivity index is 2.14. The van der Waals surface area contributed by atoms with E-state index in [0.717, 1.165) is 18.3 Å². The molecule has 11 heavy (non-hydrogen) atoms. The zero-order valence-electron chi connectivity index (χ0n) is 6.72. The third-order valence-electron chi connectivity index (χ3n) is 2.18. The first-order chi connectivity index (χ1) is 5.20. The van der Waals surface area contributed by atoms with Gasteiger partial charge in [-0.2, -0.15) is 0 Å². The van der Waals surface area contributed by atoms with Crippen molar-refractivity contribution >= 4 is 16.8 Å². The van der Waals surface area contributed by atoms with E-state index in [1.807, 2.05) is 6.08 Å². The van der Waals surface area contributed by atoms with Crippen LogP contribution in [0.4, 0.5) is 0 Å². The summed E-state index contributed by atoms with van der Waals surface area (Å²) in [6.45, 7) is 2.22. The SMILES string of the molecule is CC(C/C=C/C(=O)Cl)C1CC1. The van der Waals surface area contributed by atoms with Gasteiger partial charge in [-0.05, 0) is 48.8 Å². The fourth-order valence-electron chi connectivity index (χ4n) is 1.23. The Morgan fingerprint density at radius 1 is 1.73 bits per heavy atom. The van der Waals surface area contributed by atoms with Crippen molar-refractivity contribution in [1.82, 2.24) is 0 Å². The van der Waals surface area contributed by atoms with E-state index in [1.54, 1.807) is 0 Å². The Morgan fingerprint density at radius 2 is 2.36 bits per heavy atom. The van der Waals surface area contributed by atoms with Gasteiger partial charge < -0.3 is 0 Å². The molecule has 0 aliphatic heterocycles. The number of hydrogen-bond acceptors (Lipinski definition) is 1. The number of rotatable bonds is 4. The summed E-state index contributed by atoms with van der Waals surface area (Å²) in [5, 5.41) is -0.368. The van der Waals surface area contributed by atoms with Crippen LogP contribution in [0.5, 0.6) is 0 Å². The number of allylic oxidation sites excluding steroid dienone is 2. The van der Waals surface area contributed by atoms with Crippen molar-refractivity contribution in [1.29, 1.82) is 0 Å². The minimum atomic E-state index is -0.368. The van der Waals surface area contributed by atoms with Crippen molar-refractivity contribution in [3.8, 4) is 0 Å². The van der Waals surface area contributed by atoms with Gasteiger partial charge in [0.1, 0.15) is 0 Å². The van der Waals surface area contributed by atoms with E-state index in [-0.39, 0.29) is 5.24 Å². The third kappa shape index (κ3) is 3.57. The van der Waals surface area contributed by atoms with E-state index in [1.165, 1.54) is 18.9 Å². The van der Waals surface area contributed by atoms with Gasteiger partial charge in [0, 0.05) is 0 Å². The summed E-state index contributed by atoms with van der Waals surface area (Å²) in [7, 11) is 0. The Bertz CT molecular complexity index is 170. The molecule has 1 atom stereocenters. The predicted molar refractivity (Wildman–Crippen MR) is 46.5 cm³/mol. The molecule has 0 aromatic rings. The summed E-state index contributed by atoms with van der Waals surface area (Å²) in [6.07, 6.45) is 7.04. The maximum Gasteiger partial charge on any atom is 0.244 e. The molecule has 0 radical (unpaired) electrons. The largest absolute Gasteiger partial charge is 0.276 e. The summed E-state index contributed by atoms with van der Waals surface area (Å²) < 4.78 is 0. The lowest BCUT2D eigenvalue weighted by molar-refractivity contribution is -0.107. The first-order valence-electron chi connectivity index (χ1n) is 4.06. The molecule has 1 saturated carbocycles. The molecule has 0 bridgehead atoms. The second-order valence-corrected chi connectivity index (χ2v) is 3.63. The molecule has 62 valence electrons. The highest BCUT2D eigenvalue weighted by molar-refractivity contribution is 6.66. The van der Waals surface area contributed by atoms with E-state index in [0.29, 0.717) is 0 Å². The van der Waals surface area contributed by atoms with E-state index in [2.05, 4.69) is 6.92 Å². The Kier molecular flexibility index (Phi) is 3.13. The van der Waals surface area contributed by atoms with Crippen LogP contribution in [0.2, 0.25) is 0 Å². The molecule has 0 spiro atoms. The number of hydrogen-bond donors (Lipinski definition) is 0. The Labute approximate surface area is 72.4 Å². The van der Waals surface area contributed by atoms with Crippen molar-refractivity contribution in [2.45, 2.75) is 26.2 Å². The molecule has 0 saturated heterocycles. The number of carbonyl (C=O) groups excluding carboxylic acids is 1. The zero-order valence-corrected chi connectivity index (χ0v) is 7.47. The van der Waals surface area contributed by atoms with Crippen LogP contribution >= 0.6 is 11.6 Å². The highest BCUT2D eigenvalue weighted by Gasteiger charge is 2.26. The zero-order chi connectivity index (χ0) is 8.27. The summed E-state index contributed by atoms with van der Waals surface area (Å²) in [5.41, 5.74) is 0.